The highest BCUT2D eigenvalue weighted by Gasteiger charge is 2.33. The minimum atomic E-state index is -1.34. The Kier molecular flexibility index (Phi) is 2.41. The molecule has 0 fully saturated rings. The molecule has 5 heteroatoms. The van der Waals surface area contributed by atoms with Gasteiger partial charge in [-0.1, -0.05) is 13.8 Å². The third-order valence-corrected chi connectivity index (χ3v) is 2.88. The highest BCUT2D eigenvalue weighted by atomic mass is 16.4. The molecule has 17 heavy (non-hydrogen) atoms. The molecule has 0 spiro atoms. The van der Waals surface area contributed by atoms with Crippen molar-refractivity contribution in [3.8, 4) is 5.88 Å². The van der Waals surface area contributed by atoms with Gasteiger partial charge in [-0.05, 0) is 17.9 Å². The Bertz CT molecular complexity index is 519. The average Bonchev–Trinajstić information content (AvgIpc) is 2.13. The Morgan fingerprint density at radius 2 is 2.06 bits per heavy atom. The van der Waals surface area contributed by atoms with Gasteiger partial charge in [0.05, 0.1) is 5.69 Å². The van der Waals surface area contributed by atoms with E-state index >= 15 is 0 Å². The van der Waals surface area contributed by atoms with Crippen LogP contribution in [0.4, 0.5) is 0 Å². The topological polar surface area (TPSA) is 87.2 Å². The fourth-order valence-electron chi connectivity index (χ4n) is 2.11. The molecule has 1 aliphatic rings. The molecule has 0 saturated carbocycles. The van der Waals surface area contributed by atoms with Crippen LogP contribution in [0.15, 0.2) is 6.07 Å². The number of fused-ring (bicyclic) bond motifs is 1. The first-order valence-corrected chi connectivity index (χ1v) is 5.27. The highest BCUT2D eigenvalue weighted by Crippen LogP contribution is 2.35. The average molecular weight is 234 g/mol. The summed E-state index contributed by atoms with van der Waals surface area (Å²) >= 11 is 0. The molecular weight excluding hydrogens is 222 g/mol. The largest absolute Gasteiger partial charge is 0.477 e. The number of ketones is 1. The SMILES string of the molecule is CC1(C)CC(=O)c2cc(C(=O)O)c([O])nc2C1. The van der Waals surface area contributed by atoms with Gasteiger partial charge in [0, 0.05) is 12.0 Å². The normalized spacial score (nSPS) is 17.6. The van der Waals surface area contributed by atoms with Gasteiger partial charge in [0.25, 0.3) is 5.88 Å². The van der Waals surface area contributed by atoms with Crippen molar-refractivity contribution in [2.45, 2.75) is 26.7 Å². The van der Waals surface area contributed by atoms with Gasteiger partial charge in [0.2, 0.25) is 0 Å². The van der Waals surface area contributed by atoms with Crippen LogP contribution in [0, 0.1) is 5.41 Å². The number of rotatable bonds is 1. The van der Waals surface area contributed by atoms with Crippen LogP contribution in [0.1, 0.15) is 46.7 Å². The van der Waals surface area contributed by atoms with Gasteiger partial charge in [-0.25, -0.2) is 9.78 Å². The molecule has 1 N–H and O–H groups in total. The quantitative estimate of drug-likeness (QED) is 0.805. The number of hydrogen-bond donors (Lipinski definition) is 1. The Labute approximate surface area is 98.1 Å². The van der Waals surface area contributed by atoms with Gasteiger partial charge in [-0.3, -0.25) is 9.90 Å². The first-order valence-electron chi connectivity index (χ1n) is 5.27. The summed E-state index contributed by atoms with van der Waals surface area (Å²) in [7, 11) is 0. The van der Waals surface area contributed by atoms with Crippen molar-refractivity contribution in [1.82, 2.24) is 4.98 Å². The Hall–Kier alpha value is -1.91. The number of carbonyl (C=O) groups is 2. The van der Waals surface area contributed by atoms with Crippen LogP contribution in [0.25, 0.3) is 0 Å². The summed E-state index contributed by atoms with van der Waals surface area (Å²) in [5.41, 5.74) is 0.0354. The van der Waals surface area contributed by atoms with Crippen LogP contribution < -0.4 is 0 Å². The van der Waals surface area contributed by atoms with E-state index < -0.39 is 17.4 Å². The van der Waals surface area contributed by atoms with E-state index in [1.807, 2.05) is 13.8 Å². The Balaban J connectivity index is 2.58. The maximum Gasteiger partial charge on any atom is 0.341 e. The summed E-state index contributed by atoms with van der Waals surface area (Å²) < 4.78 is 0. The molecule has 0 unspecified atom stereocenters. The van der Waals surface area contributed by atoms with Crippen molar-refractivity contribution in [3.05, 3.63) is 22.9 Å². The van der Waals surface area contributed by atoms with Gasteiger partial charge in [-0.15, -0.1) is 0 Å². The predicted octanol–water partition coefficient (Wildman–Crippen LogP) is 2.08. The van der Waals surface area contributed by atoms with Crippen LogP contribution in [0.3, 0.4) is 0 Å². The lowest BCUT2D eigenvalue weighted by molar-refractivity contribution is 0.0690. The van der Waals surface area contributed by atoms with E-state index in [2.05, 4.69) is 4.98 Å². The number of Topliss-reactive ketones (excluding diaryl/α,β-unsaturated/α-hetero) is 1. The number of nitrogens with zero attached hydrogens (tertiary/aromatic N) is 1. The molecule has 89 valence electrons. The van der Waals surface area contributed by atoms with Gasteiger partial charge >= 0.3 is 5.97 Å². The zero-order chi connectivity index (χ0) is 12.8. The maximum absolute atomic E-state index is 11.9. The molecule has 1 aliphatic carbocycles. The molecule has 5 nitrogen and oxygen atoms in total. The molecule has 0 bridgehead atoms. The number of hydrogen-bond acceptors (Lipinski definition) is 3. The van der Waals surface area contributed by atoms with E-state index in [0.29, 0.717) is 18.5 Å². The van der Waals surface area contributed by atoms with Crippen molar-refractivity contribution in [3.63, 3.8) is 0 Å². The molecule has 0 atom stereocenters. The minimum Gasteiger partial charge on any atom is -0.477 e. The smallest absolute Gasteiger partial charge is 0.341 e. The van der Waals surface area contributed by atoms with E-state index in [0.717, 1.165) is 6.07 Å². The maximum atomic E-state index is 11.9. The summed E-state index contributed by atoms with van der Waals surface area (Å²) in [4.78, 5) is 26.4. The Morgan fingerprint density at radius 1 is 1.41 bits per heavy atom. The molecule has 1 aromatic heterocycles. The van der Waals surface area contributed by atoms with Crippen LogP contribution in [0.5, 0.6) is 5.88 Å². The fraction of sp³-hybridized carbons (Fsp3) is 0.417. The second-order valence-electron chi connectivity index (χ2n) is 5.08. The molecule has 0 aliphatic heterocycles. The van der Waals surface area contributed by atoms with Crippen LogP contribution >= 0.6 is 0 Å². The lowest BCUT2D eigenvalue weighted by Gasteiger charge is -2.29. The van der Waals surface area contributed by atoms with Crippen LogP contribution in [0.2, 0.25) is 0 Å². The van der Waals surface area contributed by atoms with Gasteiger partial charge in [-0.2, -0.15) is 0 Å². The summed E-state index contributed by atoms with van der Waals surface area (Å²) in [6.45, 7) is 3.84. The van der Waals surface area contributed by atoms with Crippen LogP contribution in [-0.4, -0.2) is 21.8 Å². The fourth-order valence-corrected chi connectivity index (χ4v) is 2.11. The van der Waals surface area contributed by atoms with E-state index in [1.165, 1.54) is 0 Å². The second kappa shape index (κ2) is 3.55. The van der Waals surface area contributed by atoms with Gasteiger partial charge < -0.3 is 5.11 Å². The van der Waals surface area contributed by atoms with Crippen molar-refractivity contribution in [2.24, 2.45) is 5.41 Å². The monoisotopic (exact) mass is 234 g/mol. The number of aromatic nitrogens is 1. The van der Waals surface area contributed by atoms with E-state index in [-0.39, 0.29) is 16.8 Å². The first kappa shape index (κ1) is 11.6. The Morgan fingerprint density at radius 3 is 2.65 bits per heavy atom. The lowest BCUT2D eigenvalue weighted by atomic mass is 9.75. The molecule has 0 amide bonds. The predicted molar refractivity (Wildman–Crippen MR) is 57.8 cm³/mol. The molecule has 0 saturated heterocycles. The van der Waals surface area contributed by atoms with Crippen LogP contribution in [-0.2, 0) is 11.5 Å². The summed E-state index contributed by atoms with van der Waals surface area (Å²) in [6.07, 6.45) is 0.863. The zero-order valence-electron chi connectivity index (χ0n) is 9.61. The third kappa shape index (κ3) is 2.00. The molecule has 1 aromatic rings. The molecule has 0 aromatic carbocycles. The summed E-state index contributed by atoms with van der Waals surface area (Å²) in [5, 5.41) is 20.3. The number of carbonyl (C=O) groups excluding carboxylic acids is 1. The number of aromatic carboxylic acids is 1. The molecule has 1 radical (unpaired) electrons. The standard InChI is InChI=1S/C12H12NO4/c1-12(2)4-8-6(9(14)5-12)3-7(11(16)17)10(15)13-8/h3H,4-5H2,1-2H3,(H,16,17). The second-order valence-corrected chi connectivity index (χ2v) is 5.08. The van der Waals surface area contributed by atoms with E-state index in [1.54, 1.807) is 0 Å². The number of carboxylic acids is 1. The number of pyridine rings is 1. The van der Waals surface area contributed by atoms with Crippen molar-refractivity contribution < 1.29 is 19.8 Å². The molecule has 1 heterocycles. The van der Waals surface area contributed by atoms with Gasteiger partial charge in [0.1, 0.15) is 5.56 Å². The van der Waals surface area contributed by atoms with E-state index in [4.69, 9.17) is 5.11 Å². The lowest BCUT2D eigenvalue weighted by Crippen LogP contribution is -2.28. The molecular formula is C12H12NO4. The summed E-state index contributed by atoms with van der Waals surface area (Å²) in [5.74, 6) is -2.27. The zero-order valence-corrected chi connectivity index (χ0v) is 9.61. The number of carboxylic acid groups (broad SMARTS) is 1. The van der Waals surface area contributed by atoms with Crippen molar-refractivity contribution >= 4 is 11.8 Å². The summed E-state index contributed by atoms with van der Waals surface area (Å²) in [6, 6.07) is 1.16. The molecule has 2 rings (SSSR count). The van der Waals surface area contributed by atoms with Gasteiger partial charge in [0.15, 0.2) is 5.78 Å². The van der Waals surface area contributed by atoms with Crippen molar-refractivity contribution in [1.29, 1.82) is 0 Å². The van der Waals surface area contributed by atoms with E-state index in [9.17, 15) is 14.7 Å². The van der Waals surface area contributed by atoms with Crippen molar-refractivity contribution in [2.75, 3.05) is 0 Å². The third-order valence-electron chi connectivity index (χ3n) is 2.88. The first-order chi connectivity index (χ1) is 7.80. The highest BCUT2D eigenvalue weighted by molar-refractivity contribution is 6.01. The minimum absolute atomic E-state index is 0.147.